The molecule has 0 saturated carbocycles. The van der Waals surface area contributed by atoms with Crippen molar-refractivity contribution in [2.75, 3.05) is 0 Å². The van der Waals surface area contributed by atoms with Crippen LogP contribution in [0.15, 0.2) is 38.2 Å². The van der Waals surface area contributed by atoms with Crippen LogP contribution in [0, 0.1) is 5.92 Å². The summed E-state index contributed by atoms with van der Waals surface area (Å²) in [6.07, 6.45) is 0.216. The minimum Gasteiger partial charge on any atom is -0.339 e. The van der Waals surface area contributed by atoms with Gasteiger partial charge < -0.3 is 4.52 Å². The molecule has 6 heteroatoms. The van der Waals surface area contributed by atoms with Crippen molar-refractivity contribution in [3.05, 3.63) is 40.5 Å². The third-order valence-electron chi connectivity index (χ3n) is 2.66. The molecule has 0 saturated heterocycles. The van der Waals surface area contributed by atoms with Gasteiger partial charge in [0, 0.05) is 15.3 Å². The first-order valence-corrected chi connectivity index (χ1v) is 8.05. The van der Waals surface area contributed by atoms with E-state index >= 15 is 0 Å². The van der Waals surface area contributed by atoms with Gasteiger partial charge in [0.2, 0.25) is 5.89 Å². The van der Waals surface area contributed by atoms with Crippen molar-refractivity contribution in [2.45, 2.75) is 30.9 Å². The van der Waals surface area contributed by atoms with Gasteiger partial charge in [0.15, 0.2) is 5.82 Å². The van der Waals surface area contributed by atoms with Gasteiger partial charge in [-0.1, -0.05) is 34.9 Å². The van der Waals surface area contributed by atoms with Gasteiger partial charge in [-0.25, -0.2) is 0 Å². The Hall–Kier alpha value is -1.14. The number of thioether (sulfide) groups is 1. The molecule has 0 unspecified atom stereocenters. The summed E-state index contributed by atoms with van der Waals surface area (Å²) in [4.78, 5) is 17.0. The van der Waals surface area contributed by atoms with E-state index < -0.39 is 0 Å². The number of hydrogen-bond donors (Lipinski definition) is 0. The summed E-state index contributed by atoms with van der Waals surface area (Å²) in [6.45, 7) is 3.73. The molecule has 0 atom stereocenters. The highest BCUT2D eigenvalue weighted by Crippen LogP contribution is 2.23. The van der Waals surface area contributed by atoms with E-state index in [1.54, 1.807) is 11.8 Å². The molecule has 20 heavy (non-hydrogen) atoms. The first kappa shape index (κ1) is 15.3. The predicted octanol–water partition coefficient (Wildman–Crippen LogP) is 3.89. The maximum atomic E-state index is 11.6. The van der Waals surface area contributed by atoms with Crippen LogP contribution in [0.25, 0.3) is 0 Å². The smallest absolute Gasteiger partial charge is 0.234 e. The maximum absolute atomic E-state index is 11.6. The van der Waals surface area contributed by atoms with Crippen LogP contribution in [0.2, 0.25) is 0 Å². The van der Waals surface area contributed by atoms with Crippen molar-refractivity contribution in [3.8, 4) is 0 Å². The highest BCUT2D eigenvalue weighted by molar-refractivity contribution is 9.10. The Morgan fingerprint density at radius 3 is 2.70 bits per heavy atom. The first-order valence-electron chi connectivity index (χ1n) is 6.27. The normalized spacial score (nSPS) is 11.0. The van der Waals surface area contributed by atoms with E-state index in [1.807, 2.05) is 38.1 Å². The second-order valence-electron chi connectivity index (χ2n) is 4.64. The number of hydrogen-bond acceptors (Lipinski definition) is 5. The Kier molecular flexibility index (Phi) is 5.37. The van der Waals surface area contributed by atoms with Gasteiger partial charge in [-0.05, 0) is 24.3 Å². The summed E-state index contributed by atoms with van der Waals surface area (Å²) in [5, 5.41) is 3.89. The molecule has 1 heterocycles. The van der Waals surface area contributed by atoms with E-state index in [-0.39, 0.29) is 18.1 Å². The Bertz CT molecular complexity index is 581. The van der Waals surface area contributed by atoms with Gasteiger partial charge in [-0.3, -0.25) is 4.79 Å². The molecule has 0 spiro atoms. The van der Waals surface area contributed by atoms with Gasteiger partial charge in [-0.2, -0.15) is 4.98 Å². The molecule has 0 amide bonds. The van der Waals surface area contributed by atoms with Gasteiger partial charge in [-0.15, -0.1) is 11.8 Å². The average molecular weight is 355 g/mol. The second kappa shape index (κ2) is 7.04. The Labute approximate surface area is 130 Å². The fraction of sp³-hybridized carbons (Fsp3) is 0.357. The largest absolute Gasteiger partial charge is 0.339 e. The first-order chi connectivity index (χ1) is 9.54. The molecule has 0 aliphatic rings. The lowest BCUT2D eigenvalue weighted by Crippen LogP contribution is -2.10. The molecule has 0 radical (unpaired) electrons. The third kappa shape index (κ3) is 4.45. The molecule has 2 rings (SSSR count). The molecular weight excluding hydrogens is 340 g/mol. The number of rotatable bonds is 6. The SMILES string of the molecule is CC(C)C(=O)Cc1nc(CSc2ccc(Br)cc2)no1. The van der Waals surface area contributed by atoms with Crippen LogP contribution < -0.4 is 0 Å². The van der Waals surface area contributed by atoms with Crippen molar-refractivity contribution in [1.29, 1.82) is 0 Å². The van der Waals surface area contributed by atoms with Crippen LogP contribution in [-0.2, 0) is 17.0 Å². The zero-order chi connectivity index (χ0) is 14.5. The van der Waals surface area contributed by atoms with Crippen LogP contribution in [-0.4, -0.2) is 15.9 Å². The minimum absolute atomic E-state index is 0.0116. The number of halogens is 1. The molecule has 0 aliphatic heterocycles. The van der Waals surface area contributed by atoms with Crippen LogP contribution in [0.4, 0.5) is 0 Å². The lowest BCUT2D eigenvalue weighted by molar-refractivity contribution is -0.121. The molecular formula is C14H15BrN2O2S. The topological polar surface area (TPSA) is 56.0 Å². The van der Waals surface area contributed by atoms with Crippen LogP contribution >= 0.6 is 27.7 Å². The van der Waals surface area contributed by atoms with Crippen molar-refractivity contribution in [2.24, 2.45) is 5.92 Å². The molecule has 1 aromatic carbocycles. The number of nitrogens with zero attached hydrogens (tertiary/aromatic N) is 2. The monoisotopic (exact) mass is 354 g/mol. The van der Waals surface area contributed by atoms with Gasteiger partial charge in [0.1, 0.15) is 5.78 Å². The van der Waals surface area contributed by atoms with E-state index in [0.717, 1.165) is 9.37 Å². The van der Waals surface area contributed by atoms with Gasteiger partial charge in [0.05, 0.1) is 12.2 Å². The molecule has 4 nitrogen and oxygen atoms in total. The lowest BCUT2D eigenvalue weighted by atomic mass is 10.1. The number of carbonyl (C=O) groups excluding carboxylic acids is 1. The molecule has 0 aliphatic carbocycles. The fourth-order valence-corrected chi connectivity index (χ4v) is 2.46. The Balaban J connectivity index is 1.89. The summed E-state index contributed by atoms with van der Waals surface area (Å²) in [6, 6.07) is 8.03. The standard InChI is InChI=1S/C14H15BrN2O2S/c1-9(2)12(18)7-14-16-13(17-19-14)8-20-11-5-3-10(15)4-6-11/h3-6,9H,7-8H2,1-2H3. The average Bonchev–Trinajstić information content (AvgIpc) is 2.85. The van der Waals surface area contributed by atoms with Crippen molar-refractivity contribution in [3.63, 3.8) is 0 Å². The van der Waals surface area contributed by atoms with Crippen LogP contribution in [0.5, 0.6) is 0 Å². The fourth-order valence-electron chi connectivity index (χ4n) is 1.45. The summed E-state index contributed by atoms with van der Waals surface area (Å²) >= 11 is 5.03. The van der Waals surface area contributed by atoms with Gasteiger partial charge in [0.25, 0.3) is 0 Å². The van der Waals surface area contributed by atoms with Crippen LogP contribution in [0.3, 0.4) is 0 Å². The molecule has 2 aromatic rings. The van der Waals surface area contributed by atoms with Crippen molar-refractivity contribution in [1.82, 2.24) is 10.1 Å². The number of Topliss-reactive ketones (excluding diaryl/α,β-unsaturated/α-hetero) is 1. The second-order valence-corrected chi connectivity index (χ2v) is 6.61. The molecule has 0 fully saturated rings. The van der Waals surface area contributed by atoms with Crippen molar-refractivity contribution >= 4 is 33.5 Å². The maximum Gasteiger partial charge on any atom is 0.234 e. The Morgan fingerprint density at radius 2 is 2.05 bits per heavy atom. The minimum atomic E-state index is -0.0116. The molecule has 0 bridgehead atoms. The lowest BCUT2D eigenvalue weighted by Gasteiger charge is -1.99. The van der Waals surface area contributed by atoms with E-state index in [4.69, 9.17) is 4.52 Å². The van der Waals surface area contributed by atoms with Gasteiger partial charge >= 0.3 is 0 Å². The highest BCUT2D eigenvalue weighted by Gasteiger charge is 2.14. The molecule has 0 N–H and O–H groups in total. The number of aromatic nitrogens is 2. The van der Waals surface area contributed by atoms with E-state index in [9.17, 15) is 4.79 Å². The molecule has 1 aromatic heterocycles. The number of ketones is 1. The summed E-state index contributed by atoms with van der Waals surface area (Å²) in [7, 11) is 0. The Morgan fingerprint density at radius 1 is 1.35 bits per heavy atom. The third-order valence-corrected chi connectivity index (χ3v) is 4.20. The number of benzene rings is 1. The predicted molar refractivity (Wildman–Crippen MR) is 81.6 cm³/mol. The van der Waals surface area contributed by atoms with Crippen molar-refractivity contribution < 1.29 is 9.32 Å². The van der Waals surface area contributed by atoms with E-state index in [0.29, 0.717) is 17.5 Å². The van der Waals surface area contributed by atoms with Crippen LogP contribution in [0.1, 0.15) is 25.6 Å². The highest BCUT2D eigenvalue weighted by atomic mass is 79.9. The zero-order valence-electron chi connectivity index (χ0n) is 11.3. The summed E-state index contributed by atoms with van der Waals surface area (Å²) in [5.74, 6) is 1.74. The summed E-state index contributed by atoms with van der Waals surface area (Å²) in [5.41, 5.74) is 0. The quantitative estimate of drug-likeness (QED) is 0.736. The van der Waals surface area contributed by atoms with E-state index in [2.05, 4.69) is 26.1 Å². The number of carbonyl (C=O) groups is 1. The zero-order valence-corrected chi connectivity index (χ0v) is 13.7. The molecule has 106 valence electrons. The van der Waals surface area contributed by atoms with E-state index in [1.165, 1.54) is 0 Å². The summed E-state index contributed by atoms with van der Waals surface area (Å²) < 4.78 is 6.14.